The molecule has 1 fully saturated rings. The van der Waals surface area contributed by atoms with Crippen LogP contribution in [0.5, 0.6) is 0 Å². The van der Waals surface area contributed by atoms with E-state index in [1.165, 1.54) is 0 Å². The highest BCUT2D eigenvalue weighted by Crippen LogP contribution is 2.26. The van der Waals surface area contributed by atoms with Gasteiger partial charge in [-0.15, -0.1) is 0 Å². The molecule has 0 spiro atoms. The number of hydrogen-bond donors (Lipinski definition) is 0. The van der Waals surface area contributed by atoms with E-state index in [4.69, 9.17) is 4.74 Å². The highest BCUT2D eigenvalue weighted by Gasteiger charge is 2.33. The van der Waals surface area contributed by atoms with Gasteiger partial charge in [-0.05, 0) is 58.0 Å². The summed E-state index contributed by atoms with van der Waals surface area (Å²) in [5.74, 6) is 0. The standard InChI is InChI=1S/C17H28N2O3S/c1-14-5-6-15(2)17(13-14)23(20,21)19(10-9-18(3)4)16-7-11-22-12-8-16/h5-6,13,16H,7-12H2,1-4H3. The van der Waals surface area contributed by atoms with Gasteiger partial charge in [0.2, 0.25) is 10.0 Å². The molecule has 1 aromatic carbocycles. The van der Waals surface area contributed by atoms with Crippen molar-refractivity contribution in [1.29, 1.82) is 0 Å². The maximum absolute atomic E-state index is 13.3. The van der Waals surface area contributed by atoms with Crippen molar-refractivity contribution in [3.63, 3.8) is 0 Å². The number of rotatable bonds is 6. The van der Waals surface area contributed by atoms with E-state index in [2.05, 4.69) is 0 Å². The third-order valence-corrected chi connectivity index (χ3v) is 6.39. The van der Waals surface area contributed by atoms with E-state index in [0.717, 1.165) is 24.0 Å². The third kappa shape index (κ3) is 4.53. The maximum atomic E-state index is 13.3. The van der Waals surface area contributed by atoms with Gasteiger partial charge in [0, 0.05) is 32.3 Å². The van der Waals surface area contributed by atoms with Crippen LogP contribution in [-0.2, 0) is 14.8 Å². The number of likely N-dealkylation sites (N-methyl/N-ethyl adjacent to an activating group) is 1. The van der Waals surface area contributed by atoms with Crippen LogP contribution in [0.3, 0.4) is 0 Å². The lowest BCUT2D eigenvalue weighted by Crippen LogP contribution is -2.46. The molecule has 0 bridgehead atoms. The minimum atomic E-state index is -3.50. The van der Waals surface area contributed by atoms with Crippen LogP contribution in [0.2, 0.25) is 0 Å². The molecule has 1 aromatic rings. The summed E-state index contributed by atoms with van der Waals surface area (Å²) in [6.45, 7) is 6.27. The Morgan fingerprint density at radius 3 is 2.39 bits per heavy atom. The van der Waals surface area contributed by atoms with Crippen LogP contribution in [-0.4, -0.2) is 64.1 Å². The molecule has 0 amide bonds. The van der Waals surface area contributed by atoms with Gasteiger partial charge in [-0.25, -0.2) is 8.42 Å². The summed E-state index contributed by atoms with van der Waals surface area (Å²) in [5, 5.41) is 0. The molecule has 0 radical (unpaired) electrons. The first-order valence-electron chi connectivity index (χ1n) is 8.14. The van der Waals surface area contributed by atoms with E-state index < -0.39 is 10.0 Å². The number of benzene rings is 1. The van der Waals surface area contributed by atoms with Crippen molar-refractivity contribution in [1.82, 2.24) is 9.21 Å². The maximum Gasteiger partial charge on any atom is 0.243 e. The summed E-state index contributed by atoms with van der Waals surface area (Å²) >= 11 is 0. The smallest absolute Gasteiger partial charge is 0.243 e. The lowest BCUT2D eigenvalue weighted by molar-refractivity contribution is 0.0573. The predicted molar refractivity (Wildman–Crippen MR) is 92.2 cm³/mol. The van der Waals surface area contributed by atoms with Crippen LogP contribution in [0.25, 0.3) is 0 Å². The second-order valence-corrected chi connectivity index (χ2v) is 8.39. The lowest BCUT2D eigenvalue weighted by atomic mass is 10.1. The summed E-state index contributed by atoms with van der Waals surface area (Å²) < 4.78 is 33.7. The van der Waals surface area contributed by atoms with Gasteiger partial charge in [-0.3, -0.25) is 0 Å². The molecule has 23 heavy (non-hydrogen) atoms. The van der Waals surface area contributed by atoms with E-state index in [1.807, 2.05) is 45.0 Å². The van der Waals surface area contributed by atoms with Crippen LogP contribution in [0, 0.1) is 13.8 Å². The molecule has 0 aromatic heterocycles. The summed E-state index contributed by atoms with van der Waals surface area (Å²) in [7, 11) is 0.432. The Hall–Kier alpha value is -0.950. The molecule has 1 aliphatic rings. The van der Waals surface area contributed by atoms with Gasteiger partial charge in [0.25, 0.3) is 0 Å². The summed E-state index contributed by atoms with van der Waals surface area (Å²) in [6.07, 6.45) is 1.52. The van der Waals surface area contributed by atoms with Gasteiger partial charge >= 0.3 is 0 Å². The molecule has 5 nitrogen and oxygen atoms in total. The topological polar surface area (TPSA) is 49.9 Å². The van der Waals surface area contributed by atoms with Crippen molar-refractivity contribution in [3.8, 4) is 0 Å². The largest absolute Gasteiger partial charge is 0.381 e. The van der Waals surface area contributed by atoms with Crippen molar-refractivity contribution in [2.75, 3.05) is 40.4 Å². The first kappa shape index (κ1) is 18.4. The Morgan fingerprint density at radius 1 is 1.13 bits per heavy atom. The molecule has 0 saturated carbocycles. The van der Waals surface area contributed by atoms with Gasteiger partial charge in [0.05, 0.1) is 4.90 Å². The predicted octanol–water partition coefficient (Wildman–Crippen LogP) is 2.03. The first-order chi connectivity index (χ1) is 10.8. The highest BCUT2D eigenvalue weighted by atomic mass is 32.2. The van der Waals surface area contributed by atoms with E-state index >= 15 is 0 Å². The Kier molecular flexibility index (Phi) is 6.19. The second-order valence-electron chi connectivity index (χ2n) is 6.53. The average molecular weight is 340 g/mol. The van der Waals surface area contributed by atoms with E-state index in [-0.39, 0.29) is 6.04 Å². The Bertz CT molecular complexity index is 623. The average Bonchev–Trinajstić information content (AvgIpc) is 2.50. The number of aryl methyl sites for hydroxylation is 2. The fourth-order valence-electron chi connectivity index (χ4n) is 2.88. The number of nitrogens with zero attached hydrogens (tertiary/aromatic N) is 2. The quantitative estimate of drug-likeness (QED) is 0.795. The van der Waals surface area contributed by atoms with Crippen LogP contribution in [0.4, 0.5) is 0 Å². The van der Waals surface area contributed by atoms with Gasteiger partial charge < -0.3 is 9.64 Å². The Balaban J connectivity index is 2.36. The van der Waals surface area contributed by atoms with Crippen molar-refractivity contribution >= 4 is 10.0 Å². The molecule has 0 aliphatic carbocycles. The molecule has 0 N–H and O–H groups in total. The molecular formula is C17H28N2O3S. The van der Waals surface area contributed by atoms with E-state index in [0.29, 0.717) is 31.2 Å². The molecule has 6 heteroatoms. The monoisotopic (exact) mass is 340 g/mol. The fourth-order valence-corrected chi connectivity index (χ4v) is 4.87. The minimum absolute atomic E-state index is 0.0219. The van der Waals surface area contributed by atoms with Crippen LogP contribution < -0.4 is 0 Å². The lowest BCUT2D eigenvalue weighted by Gasteiger charge is -2.34. The zero-order valence-electron chi connectivity index (χ0n) is 14.6. The summed E-state index contributed by atoms with van der Waals surface area (Å²) in [5.41, 5.74) is 1.77. The molecule has 0 atom stereocenters. The fraction of sp³-hybridized carbons (Fsp3) is 0.647. The van der Waals surface area contributed by atoms with E-state index in [1.54, 1.807) is 10.4 Å². The molecule has 1 heterocycles. The third-order valence-electron chi connectivity index (χ3n) is 4.30. The molecule has 2 rings (SSSR count). The normalized spacial score (nSPS) is 17.1. The molecule has 130 valence electrons. The summed E-state index contributed by atoms with van der Waals surface area (Å²) in [6, 6.07) is 5.64. The zero-order valence-corrected chi connectivity index (χ0v) is 15.4. The van der Waals surface area contributed by atoms with Crippen LogP contribution in [0.15, 0.2) is 23.1 Å². The van der Waals surface area contributed by atoms with Crippen molar-refractivity contribution in [2.45, 2.75) is 37.6 Å². The van der Waals surface area contributed by atoms with Crippen molar-refractivity contribution in [2.24, 2.45) is 0 Å². The van der Waals surface area contributed by atoms with Gasteiger partial charge in [0.15, 0.2) is 0 Å². The Labute approximate surface area is 140 Å². The highest BCUT2D eigenvalue weighted by molar-refractivity contribution is 7.89. The minimum Gasteiger partial charge on any atom is -0.381 e. The van der Waals surface area contributed by atoms with Gasteiger partial charge in [0.1, 0.15) is 0 Å². The van der Waals surface area contributed by atoms with E-state index in [9.17, 15) is 8.42 Å². The number of ether oxygens (including phenoxy) is 1. The van der Waals surface area contributed by atoms with Gasteiger partial charge in [-0.2, -0.15) is 4.31 Å². The zero-order chi connectivity index (χ0) is 17.0. The van der Waals surface area contributed by atoms with Crippen LogP contribution >= 0.6 is 0 Å². The Morgan fingerprint density at radius 2 is 1.78 bits per heavy atom. The first-order valence-corrected chi connectivity index (χ1v) is 9.58. The molecular weight excluding hydrogens is 312 g/mol. The molecule has 1 aliphatic heterocycles. The van der Waals surface area contributed by atoms with Crippen molar-refractivity contribution in [3.05, 3.63) is 29.3 Å². The molecule has 0 unspecified atom stereocenters. The number of sulfonamides is 1. The molecule has 1 saturated heterocycles. The summed E-state index contributed by atoms with van der Waals surface area (Å²) in [4.78, 5) is 2.45. The van der Waals surface area contributed by atoms with Gasteiger partial charge in [-0.1, -0.05) is 12.1 Å². The number of hydrogen-bond acceptors (Lipinski definition) is 4. The second kappa shape index (κ2) is 7.75. The SMILES string of the molecule is Cc1ccc(C)c(S(=O)(=O)N(CCN(C)C)C2CCOCC2)c1. The van der Waals surface area contributed by atoms with Crippen molar-refractivity contribution < 1.29 is 13.2 Å². The van der Waals surface area contributed by atoms with Crippen LogP contribution in [0.1, 0.15) is 24.0 Å².